The first-order chi connectivity index (χ1) is 16.1. The van der Waals surface area contributed by atoms with Crippen LogP contribution in [0.3, 0.4) is 0 Å². The molecular formula is C26H32N4O3. The highest BCUT2D eigenvalue weighted by molar-refractivity contribution is 6.04. The number of nitrogens with zero attached hydrogens (tertiary/aromatic N) is 3. The Morgan fingerprint density at radius 2 is 1.73 bits per heavy atom. The molecule has 0 aliphatic rings. The third kappa shape index (κ3) is 6.75. The smallest absolute Gasteiger partial charge is 0.292 e. The lowest BCUT2D eigenvalue weighted by Gasteiger charge is -2.09. The van der Waals surface area contributed by atoms with Crippen LogP contribution >= 0.6 is 0 Å². The summed E-state index contributed by atoms with van der Waals surface area (Å²) >= 11 is 0. The van der Waals surface area contributed by atoms with Gasteiger partial charge in [0.15, 0.2) is 5.69 Å². The van der Waals surface area contributed by atoms with Crippen LogP contribution < -0.4 is 15.7 Å². The molecule has 0 aliphatic heterocycles. The summed E-state index contributed by atoms with van der Waals surface area (Å²) in [6, 6.07) is 14.6. The monoisotopic (exact) mass is 448 g/mol. The van der Waals surface area contributed by atoms with Gasteiger partial charge in [0, 0.05) is 11.9 Å². The predicted octanol–water partition coefficient (Wildman–Crippen LogP) is 4.92. The summed E-state index contributed by atoms with van der Waals surface area (Å²) in [6.45, 7) is 5.41. The number of ether oxygens (including phenoxy) is 1. The number of hydrazone groups is 1. The molecule has 3 rings (SSSR count). The Labute approximate surface area is 194 Å². The minimum absolute atomic E-state index is 0.185. The summed E-state index contributed by atoms with van der Waals surface area (Å²) in [5.41, 5.74) is 3.36. The molecule has 1 heterocycles. The molecule has 7 nitrogen and oxygen atoms in total. The van der Waals surface area contributed by atoms with E-state index in [9.17, 15) is 9.59 Å². The van der Waals surface area contributed by atoms with Crippen molar-refractivity contribution in [2.75, 3.05) is 6.61 Å². The zero-order valence-corrected chi connectivity index (χ0v) is 19.4. The van der Waals surface area contributed by atoms with E-state index in [2.05, 4.69) is 22.5 Å². The van der Waals surface area contributed by atoms with Crippen molar-refractivity contribution in [1.82, 2.24) is 15.2 Å². The molecule has 0 bridgehead atoms. The minimum atomic E-state index is -0.459. The van der Waals surface area contributed by atoms with Crippen molar-refractivity contribution in [2.24, 2.45) is 5.10 Å². The number of fused-ring (bicyclic) bond motifs is 1. The van der Waals surface area contributed by atoms with Crippen LogP contribution in [0.1, 0.15) is 68.4 Å². The molecule has 0 spiro atoms. The average molecular weight is 449 g/mol. The van der Waals surface area contributed by atoms with Crippen molar-refractivity contribution in [3.05, 3.63) is 70.1 Å². The van der Waals surface area contributed by atoms with Crippen LogP contribution in [0.5, 0.6) is 5.75 Å². The van der Waals surface area contributed by atoms with Crippen LogP contribution in [-0.2, 0) is 6.54 Å². The number of amides is 1. The Bertz CT molecular complexity index is 1140. The molecule has 0 fully saturated rings. The third-order valence-electron chi connectivity index (χ3n) is 5.33. The van der Waals surface area contributed by atoms with Gasteiger partial charge in [0.05, 0.1) is 18.2 Å². The lowest BCUT2D eigenvalue weighted by molar-refractivity contribution is 0.0949. The number of nitrogens with one attached hydrogen (secondary N) is 1. The number of benzene rings is 2. The maximum Gasteiger partial charge on any atom is 0.292 e. The molecule has 1 amide bonds. The van der Waals surface area contributed by atoms with Crippen LogP contribution in [0.4, 0.5) is 0 Å². The molecule has 0 atom stereocenters. The van der Waals surface area contributed by atoms with E-state index in [4.69, 9.17) is 4.74 Å². The fraction of sp³-hybridized carbons (Fsp3) is 0.385. The van der Waals surface area contributed by atoms with E-state index >= 15 is 0 Å². The number of carbonyl (C=O) groups is 1. The molecular weight excluding hydrogens is 416 g/mol. The third-order valence-corrected chi connectivity index (χ3v) is 5.33. The Morgan fingerprint density at radius 1 is 1.00 bits per heavy atom. The molecule has 33 heavy (non-hydrogen) atoms. The molecule has 174 valence electrons. The van der Waals surface area contributed by atoms with Gasteiger partial charge in [-0.2, -0.15) is 10.2 Å². The van der Waals surface area contributed by atoms with Gasteiger partial charge in [0.1, 0.15) is 5.75 Å². The highest BCUT2D eigenvalue weighted by Crippen LogP contribution is 2.14. The number of hydrogen-bond acceptors (Lipinski definition) is 5. The van der Waals surface area contributed by atoms with Gasteiger partial charge in [0.25, 0.3) is 11.5 Å². The topological polar surface area (TPSA) is 85.6 Å². The minimum Gasteiger partial charge on any atom is -0.494 e. The first-order valence-electron chi connectivity index (χ1n) is 11.7. The highest BCUT2D eigenvalue weighted by Gasteiger charge is 2.16. The normalized spacial score (nSPS) is 11.2. The summed E-state index contributed by atoms with van der Waals surface area (Å²) in [5.74, 6) is 0.359. The maximum atomic E-state index is 12.8. The molecule has 0 saturated carbocycles. The molecule has 7 heteroatoms. The van der Waals surface area contributed by atoms with Gasteiger partial charge in [-0.25, -0.2) is 10.1 Å². The zero-order chi connectivity index (χ0) is 23.5. The number of carbonyl (C=O) groups excluding carboxylic acids is 1. The number of hydrogen-bond donors (Lipinski definition) is 1. The lowest BCUT2D eigenvalue weighted by Crippen LogP contribution is -2.29. The Kier molecular flexibility index (Phi) is 9.18. The van der Waals surface area contributed by atoms with Gasteiger partial charge >= 0.3 is 0 Å². The van der Waals surface area contributed by atoms with E-state index in [1.165, 1.54) is 23.9 Å². The van der Waals surface area contributed by atoms with Crippen molar-refractivity contribution in [3.63, 3.8) is 0 Å². The second kappa shape index (κ2) is 12.5. The van der Waals surface area contributed by atoms with Gasteiger partial charge in [-0.1, -0.05) is 57.7 Å². The van der Waals surface area contributed by atoms with Crippen LogP contribution in [-0.4, -0.2) is 28.5 Å². The van der Waals surface area contributed by atoms with Crippen LogP contribution in [0.2, 0.25) is 0 Å². The first-order valence-corrected chi connectivity index (χ1v) is 11.7. The largest absolute Gasteiger partial charge is 0.494 e. The van der Waals surface area contributed by atoms with E-state index in [0.717, 1.165) is 30.6 Å². The molecule has 3 aromatic rings. The van der Waals surface area contributed by atoms with Crippen molar-refractivity contribution in [2.45, 2.75) is 58.9 Å². The Hall–Kier alpha value is -3.48. The number of aryl methyl sites for hydroxylation is 1. The summed E-state index contributed by atoms with van der Waals surface area (Å²) in [5, 5.41) is 9.39. The first kappa shape index (κ1) is 24.2. The zero-order valence-electron chi connectivity index (χ0n) is 19.4. The highest BCUT2D eigenvalue weighted by atomic mass is 16.5. The van der Waals surface area contributed by atoms with E-state index in [0.29, 0.717) is 23.9 Å². The summed E-state index contributed by atoms with van der Waals surface area (Å²) in [4.78, 5) is 25.5. The maximum absolute atomic E-state index is 12.8. The van der Waals surface area contributed by atoms with Crippen molar-refractivity contribution in [1.29, 1.82) is 0 Å². The van der Waals surface area contributed by atoms with Gasteiger partial charge < -0.3 is 4.74 Å². The number of unbranched alkanes of at least 4 members (excludes halogenated alkanes) is 4. The van der Waals surface area contributed by atoms with Crippen LogP contribution in [0, 0.1) is 0 Å². The van der Waals surface area contributed by atoms with E-state index in [1.54, 1.807) is 30.5 Å². The van der Waals surface area contributed by atoms with Crippen molar-refractivity contribution < 1.29 is 9.53 Å². The lowest BCUT2D eigenvalue weighted by atomic mass is 10.1. The fourth-order valence-corrected chi connectivity index (χ4v) is 3.45. The molecule has 0 unspecified atom stereocenters. The van der Waals surface area contributed by atoms with Crippen LogP contribution in [0.15, 0.2) is 58.4 Å². The summed E-state index contributed by atoms with van der Waals surface area (Å²) in [6.07, 6.45) is 7.98. The summed E-state index contributed by atoms with van der Waals surface area (Å²) < 4.78 is 7.11. The summed E-state index contributed by atoms with van der Waals surface area (Å²) in [7, 11) is 0. The SMILES string of the molecule is CCCCCCOc1ccc(/C=N/NC(=O)c2nn(CCCC)c(=O)c3ccccc23)cc1. The van der Waals surface area contributed by atoms with Gasteiger partial charge in [-0.05, 0) is 48.7 Å². The quantitative estimate of drug-likeness (QED) is 0.242. The second-order valence-electron chi connectivity index (χ2n) is 7.95. The van der Waals surface area contributed by atoms with Crippen LogP contribution in [0.25, 0.3) is 10.8 Å². The number of rotatable bonds is 12. The molecule has 2 aromatic carbocycles. The predicted molar refractivity (Wildman–Crippen MR) is 132 cm³/mol. The molecule has 0 saturated heterocycles. The van der Waals surface area contributed by atoms with Crippen molar-refractivity contribution in [3.8, 4) is 5.75 Å². The average Bonchev–Trinajstić information content (AvgIpc) is 2.84. The molecule has 1 aromatic heterocycles. The Balaban J connectivity index is 1.65. The van der Waals surface area contributed by atoms with E-state index in [-0.39, 0.29) is 11.3 Å². The fourth-order valence-electron chi connectivity index (χ4n) is 3.45. The molecule has 0 aliphatic carbocycles. The number of aromatic nitrogens is 2. The van der Waals surface area contributed by atoms with Gasteiger partial charge in [0.2, 0.25) is 0 Å². The molecule has 1 N–H and O–H groups in total. The molecule has 0 radical (unpaired) electrons. The standard InChI is InChI=1S/C26H32N4O3/c1-3-5-7-10-18-33-21-15-13-20(14-16-21)19-27-28-25(31)24-22-11-8-9-12-23(22)26(32)30(29-24)17-6-4-2/h8-9,11-16,19H,3-7,10,17-18H2,1-2H3,(H,28,31)/b27-19+. The Morgan fingerprint density at radius 3 is 2.45 bits per heavy atom. The van der Waals surface area contributed by atoms with E-state index in [1.807, 2.05) is 31.2 Å². The van der Waals surface area contributed by atoms with E-state index < -0.39 is 5.91 Å². The van der Waals surface area contributed by atoms with Gasteiger partial charge in [-0.15, -0.1) is 0 Å². The second-order valence-corrected chi connectivity index (χ2v) is 7.95. The van der Waals surface area contributed by atoms with Gasteiger partial charge in [-0.3, -0.25) is 9.59 Å². The van der Waals surface area contributed by atoms with Crippen molar-refractivity contribution >= 4 is 22.9 Å².